The molecule has 0 saturated carbocycles. The summed E-state index contributed by atoms with van der Waals surface area (Å²) in [5, 5.41) is 0. The van der Waals surface area contributed by atoms with Crippen LogP contribution in [0.5, 0.6) is 5.75 Å². The Morgan fingerprint density at radius 3 is 2.61 bits per heavy atom. The van der Waals surface area contributed by atoms with Gasteiger partial charge in [0.25, 0.3) is 0 Å². The molecule has 0 bridgehead atoms. The molecule has 1 atom stereocenters. The molecule has 0 radical (unpaired) electrons. The summed E-state index contributed by atoms with van der Waals surface area (Å²) in [6.07, 6.45) is 1.86. The van der Waals surface area contributed by atoms with Crippen molar-refractivity contribution in [1.82, 2.24) is 0 Å². The zero-order valence-electron chi connectivity index (χ0n) is 12.0. The maximum Gasteiger partial charge on any atom is 0.166 e. The van der Waals surface area contributed by atoms with Gasteiger partial charge in [0.15, 0.2) is 5.78 Å². The minimum absolute atomic E-state index is 0.0342. The summed E-state index contributed by atoms with van der Waals surface area (Å²) in [5.74, 6) is 1.31. The van der Waals surface area contributed by atoms with Crippen LogP contribution in [0.3, 0.4) is 0 Å². The standard InChI is InChI=1S/C16H22O2/c1-6-16(3,4)13-9-12-11(8-14(13)18-5)7-10(2)15(12)17/h8-10H,6-7H2,1-5H3. The number of hydrogen-bond donors (Lipinski definition) is 0. The molecule has 2 rings (SSSR count). The smallest absolute Gasteiger partial charge is 0.166 e. The zero-order valence-corrected chi connectivity index (χ0v) is 12.0. The predicted octanol–water partition coefficient (Wildman–Crippen LogP) is 3.76. The number of benzene rings is 1. The van der Waals surface area contributed by atoms with E-state index < -0.39 is 0 Å². The first-order chi connectivity index (χ1) is 8.40. The van der Waals surface area contributed by atoms with Gasteiger partial charge in [-0.25, -0.2) is 0 Å². The first-order valence-electron chi connectivity index (χ1n) is 6.66. The first kappa shape index (κ1) is 13.1. The number of carbonyl (C=O) groups excluding carboxylic acids is 1. The van der Waals surface area contributed by atoms with Gasteiger partial charge in [-0.15, -0.1) is 0 Å². The third-order valence-corrected chi connectivity index (χ3v) is 4.28. The molecule has 0 aromatic heterocycles. The zero-order chi connectivity index (χ0) is 13.5. The largest absolute Gasteiger partial charge is 0.496 e. The van der Waals surface area contributed by atoms with Crippen LogP contribution >= 0.6 is 0 Å². The van der Waals surface area contributed by atoms with Crippen molar-refractivity contribution in [3.63, 3.8) is 0 Å². The summed E-state index contributed by atoms with van der Waals surface area (Å²) in [6.45, 7) is 8.55. The fraction of sp³-hybridized carbons (Fsp3) is 0.562. The Balaban J connectivity index is 2.59. The second-order valence-corrected chi connectivity index (χ2v) is 5.92. The molecule has 1 aromatic rings. The van der Waals surface area contributed by atoms with E-state index in [1.807, 2.05) is 6.92 Å². The normalized spacial score (nSPS) is 18.9. The Morgan fingerprint density at radius 2 is 2.06 bits per heavy atom. The molecule has 2 heteroatoms. The van der Waals surface area contributed by atoms with E-state index in [4.69, 9.17) is 4.74 Å². The molecule has 0 N–H and O–H groups in total. The Morgan fingerprint density at radius 1 is 1.39 bits per heavy atom. The maximum absolute atomic E-state index is 12.1. The van der Waals surface area contributed by atoms with Gasteiger partial charge in [0.05, 0.1) is 7.11 Å². The summed E-state index contributed by atoms with van der Waals surface area (Å²) in [7, 11) is 1.71. The van der Waals surface area contributed by atoms with Crippen LogP contribution in [-0.2, 0) is 11.8 Å². The Bertz CT molecular complexity index is 486. The van der Waals surface area contributed by atoms with Crippen molar-refractivity contribution in [3.05, 3.63) is 28.8 Å². The van der Waals surface area contributed by atoms with Gasteiger partial charge in [0.2, 0.25) is 0 Å². The van der Waals surface area contributed by atoms with Crippen LogP contribution in [-0.4, -0.2) is 12.9 Å². The third-order valence-electron chi connectivity index (χ3n) is 4.28. The molecule has 18 heavy (non-hydrogen) atoms. The van der Waals surface area contributed by atoms with Crippen molar-refractivity contribution in [2.24, 2.45) is 5.92 Å². The molecule has 1 unspecified atom stereocenters. The van der Waals surface area contributed by atoms with E-state index in [0.717, 1.165) is 35.3 Å². The first-order valence-corrected chi connectivity index (χ1v) is 6.66. The minimum Gasteiger partial charge on any atom is -0.496 e. The molecule has 1 aliphatic rings. The SMILES string of the molecule is CCC(C)(C)c1cc2c(cc1OC)CC(C)C2=O. The van der Waals surface area contributed by atoms with Crippen molar-refractivity contribution in [2.75, 3.05) is 7.11 Å². The highest BCUT2D eigenvalue weighted by atomic mass is 16.5. The second kappa shape index (κ2) is 4.42. The highest BCUT2D eigenvalue weighted by molar-refractivity contribution is 6.02. The molecule has 98 valence electrons. The number of ketones is 1. The van der Waals surface area contributed by atoms with Gasteiger partial charge in [-0.05, 0) is 36.0 Å². The summed E-state index contributed by atoms with van der Waals surface area (Å²) < 4.78 is 5.52. The summed E-state index contributed by atoms with van der Waals surface area (Å²) in [6, 6.07) is 4.12. The van der Waals surface area contributed by atoms with Crippen LogP contribution in [0.2, 0.25) is 0 Å². The van der Waals surface area contributed by atoms with E-state index in [0.29, 0.717) is 0 Å². The summed E-state index contributed by atoms with van der Waals surface area (Å²) in [5.41, 5.74) is 3.22. The Hall–Kier alpha value is -1.31. The highest BCUT2D eigenvalue weighted by Gasteiger charge is 2.31. The van der Waals surface area contributed by atoms with Crippen molar-refractivity contribution in [3.8, 4) is 5.75 Å². The molecular formula is C16H22O2. The molecular weight excluding hydrogens is 224 g/mol. The van der Waals surface area contributed by atoms with Crippen molar-refractivity contribution in [1.29, 1.82) is 0 Å². The highest BCUT2D eigenvalue weighted by Crippen LogP contribution is 2.39. The van der Waals surface area contributed by atoms with Crippen molar-refractivity contribution < 1.29 is 9.53 Å². The Labute approximate surface area is 109 Å². The molecule has 0 aliphatic heterocycles. The van der Waals surface area contributed by atoms with Crippen LogP contribution in [0.4, 0.5) is 0 Å². The molecule has 0 spiro atoms. The van der Waals surface area contributed by atoms with E-state index >= 15 is 0 Å². The van der Waals surface area contributed by atoms with Crippen LogP contribution in [0.1, 0.15) is 55.6 Å². The van der Waals surface area contributed by atoms with Gasteiger partial charge in [0.1, 0.15) is 5.75 Å². The fourth-order valence-corrected chi connectivity index (χ4v) is 2.60. The molecule has 0 saturated heterocycles. The number of methoxy groups -OCH3 is 1. The molecule has 0 heterocycles. The molecule has 1 aromatic carbocycles. The van der Waals surface area contributed by atoms with Crippen LogP contribution < -0.4 is 4.74 Å². The molecule has 0 amide bonds. The number of rotatable bonds is 3. The van der Waals surface area contributed by atoms with Gasteiger partial charge < -0.3 is 4.74 Å². The lowest BCUT2D eigenvalue weighted by atomic mass is 9.80. The minimum atomic E-state index is 0.0342. The fourth-order valence-electron chi connectivity index (χ4n) is 2.60. The summed E-state index contributed by atoms with van der Waals surface area (Å²) in [4.78, 5) is 12.1. The molecule has 2 nitrogen and oxygen atoms in total. The number of Topliss-reactive ketones (excluding diaryl/α,β-unsaturated/α-hetero) is 1. The van der Waals surface area contributed by atoms with Crippen molar-refractivity contribution >= 4 is 5.78 Å². The lowest BCUT2D eigenvalue weighted by Gasteiger charge is -2.26. The van der Waals surface area contributed by atoms with E-state index in [-0.39, 0.29) is 17.1 Å². The topological polar surface area (TPSA) is 26.3 Å². The summed E-state index contributed by atoms with van der Waals surface area (Å²) >= 11 is 0. The van der Waals surface area contributed by atoms with Gasteiger partial charge in [-0.1, -0.05) is 27.7 Å². The number of ether oxygens (including phenoxy) is 1. The van der Waals surface area contributed by atoms with Gasteiger partial charge in [-0.3, -0.25) is 4.79 Å². The average Bonchev–Trinajstić information content (AvgIpc) is 2.63. The van der Waals surface area contributed by atoms with E-state index in [9.17, 15) is 4.79 Å². The van der Waals surface area contributed by atoms with Crippen LogP contribution in [0.15, 0.2) is 12.1 Å². The lowest BCUT2D eigenvalue weighted by Crippen LogP contribution is -2.17. The van der Waals surface area contributed by atoms with E-state index in [2.05, 4.69) is 32.9 Å². The van der Waals surface area contributed by atoms with E-state index in [1.54, 1.807) is 7.11 Å². The number of carbonyl (C=O) groups is 1. The van der Waals surface area contributed by atoms with Gasteiger partial charge >= 0.3 is 0 Å². The molecule has 0 fully saturated rings. The monoisotopic (exact) mass is 246 g/mol. The van der Waals surface area contributed by atoms with Crippen LogP contribution in [0.25, 0.3) is 0 Å². The van der Waals surface area contributed by atoms with E-state index in [1.165, 1.54) is 0 Å². The maximum atomic E-state index is 12.1. The Kier molecular flexibility index (Phi) is 3.22. The quantitative estimate of drug-likeness (QED) is 0.811. The predicted molar refractivity (Wildman–Crippen MR) is 73.5 cm³/mol. The number of hydrogen-bond acceptors (Lipinski definition) is 2. The second-order valence-electron chi connectivity index (χ2n) is 5.92. The third kappa shape index (κ3) is 1.94. The van der Waals surface area contributed by atoms with Crippen LogP contribution in [0, 0.1) is 5.92 Å². The average molecular weight is 246 g/mol. The lowest BCUT2D eigenvalue weighted by molar-refractivity contribution is 0.0946. The van der Waals surface area contributed by atoms with Crippen molar-refractivity contribution in [2.45, 2.75) is 46.0 Å². The molecule has 1 aliphatic carbocycles. The number of fused-ring (bicyclic) bond motifs is 1. The van der Waals surface area contributed by atoms with Gasteiger partial charge in [-0.2, -0.15) is 0 Å². The van der Waals surface area contributed by atoms with Gasteiger partial charge in [0, 0.05) is 17.0 Å².